The number of hydrogen-bond acceptors (Lipinski definition) is 6. The van der Waals surface area contributed by atoms with Gasteiger partial charge in [-0.1, -0.05) is 0 Å². The fourth-order valence-electron chi connectivity index (χ4n) is 1.59. The molecule has 0 spiro atoms. The second-order valence-electron chi connectivity index (χ2n) is 3.89. The maximum Gasteiger partial charge on any atom is 0.356 e. The number of carboxylic acids is 1. The van der Waals surface area contributed by atoms with E-state index >= 15 is 0 Å². The van der Waals surface area contributed by atoms with Gasteiger partial charge in [-0.2, -0.15) is 5.10 Å². The highest BCUT2D eigenvalue weighted by Gasteiger charge is 2.25. The summed E-state index contributed by atoms with van der Waals surface area (Å²) in [6, 6.07) is 1.78. The maximum absolute atomic E-state index is 12.0. The van der Waals surface area contributed by atoms with E-state index in [0.29, 0.717) is 6.42 Å². The Hall–Kier alpha value is -1.78. The monoisotopic (exact) mass is 316 g/mol. The molecule has 0 bridgehead atoms. The summed E-state index contributed by atoms with van der Waals surface area (Å²) in [6.45, 7) is 0.152. The number of carbonyl (C=O) groups is 1. The molecule has 0 radical (unpaired) electrons. The minimum absolute atomic E-state index is 0.152. The first-order valence-corrected chi connectivity index (χ1v) is 7.91. The molecule has 0 fully saturated rings. The van der Waals surface area contributed by atoms with Crippen molar-refractivity contribution in [2.75, 3.05) is 6.54 Å². The molecule has 20 heavy (non-hydrogen) atoms. The number of sulfonamides is 1. The average Bonchev–Trinajstić information content (AvgIpc) is 2.98. The Kier molecular flexibility index (Phi) is 4.16. The van der Waals surface area contributed by atoms with Crippen LogP contribution in [0.4, 0.5) is 0 Å². The Morgan fingerprint density at radius 3 is 2.90 bits per heavy atom. The van der Waals surface area contributed by atoms with Crippen LogP contribution >= 0.6 is 11.3 Å². The first kappa shape index (κ1) is 14.6. The van der Waals surface area contributed by atoms with Gasteiger partial charge in [-0.25, -0.2) is 22.9 Å². The van der Waals surface area contributed by atoms with Crippen LogP contribution < -0.4 is 4.72 Å². The van der Waals surface area contributed by atoms with E-state index in [0.717, 1.165) is 17.0 Å². The van der Waals surface area contributed by atoms with E-state index in [1.54, 1.807) is 24.0 Å². The Morgan fingerprint density at radius 2 is 2.30 bits per heavy atom. The van der Waals surface area contributed by atoms with Crippen molar-refractivity contribution < 1.29 is 18.3 Å². The van der Waals surface area contributed by atoms with Crippen molar-refractivity contribution in [3.05, 3.63) is 29.2 Å². The summed E-state index contributed by atoms with van der Waals surface area (Å²) in [4.78, 5) is 14.4. The Bertz CT molecular complexity index is 719. The van der Waals surface area contributed by atoms with Crippen LogP contribution in [0.1, 0.15) is 16.2 Å². The van der Waals surface area contributed by atoms with Gasteiger partial charge < -0.3 is 5.11 Å². The average molecular weight is 316 g/mol. The van der Waals surface area contributed by atoms with Crippen molar-refractivity contribution in [3.63, 3.8) is 0 Å². The van der Waals surface area contributed by atoms with Crippen LogP contribution in [0.2, 0.25) is 0 Å². The molecule has 2 N–H and O–H groups in total. The number of rotatable bonds is 6. The summed E-state index contributed by atoms with van der Waals surface area (Å²) < 4.78 is 27.7. The third kappa shape index (κ3) is 3.03. The lowest BCUT2D eigenvalue weighted by molar-refractivity contribution is 0.0687. The van der Waals surface area contributed by atoms with E-state index in [-0.39, 0.29) is 10.8 Å². The lowest BCUT2D eigenvalue weighted by Gasteiger charge is -2.05. The summed E-state index contributed by atoms with van der Waals surface area (Å²) in [6.07, 6.45) is 2.08. The molecule has 0 amide bonds. The maximum atomic E-state index is 12.0. The highest BCUT2D eigenvalue weighted by molar-refractivity contribution is 7.91. The molecule has 2 aromatic heterocycles. The molecular formula is C10H12N4O4S2. The Labute approximate surface area is 119 Å². The Morgan fingerprint density at radius 1 is 1.55 bits per heavy atom. The van der Waals surface area contributed by atoms with Crippen LogP contribution in [0.5, 0.6) is 0 Å². The molecule has 0 aliphatic heterocycles. The van der Waals surface area contributed by atoms with Gasteiger partial charge in [0.05, 0.1) is 5.51 Å². The van der Waals surface area contributed by atoms with Crippen molar-refractivity contribution in [1.82, 2.24) is 19.5 Å². The van der Waals surface area contributed by atoms with Crippen molar-refractivity contribution >= 4 is 27.3 Å². The quantitative estimate of drug-likeness (QED) is 0.781. The molecule has 10 heteroatoms. The van der Waals surface area contributed by atoms with Crippen LogP contribution in [0.25, 0.3) is 0 Å². The largest absolute Gasteiger partial charge is 0.476 e. The molecule has 2 rings (SSSR count). The Balaban J connectivity index is 2.06. The molecule has 0 atom stereocenters. The molecule has 0 aliphatic rings. The third-order valence-corrected chi connectivity index (χ3v) is 5.41. The van der Waals surface area contributed by atoms with Gasteiger partial charge in [-0.05, 0) is 6.07 Å². The minimum atomic E-state index is -3.86. The van der Waals surface area contributed by atoms with E-state index in [1.807, 2.05) is 0 Å². The van der Waals surface area contributed by atoms with Gasteiger partial charge >= 0.3 is 5.97 Å². The predicted molar refractivity (Wildman–Crippen MR) is 71.2 cm³/mol. The van der Waals surface area contributed by atoms with Gasteiger partial charge in [0.25, 0.3) is 10.0 Å². The minimum Gasteiger partial charge on any atom is -0.476 e. The molecule has 2 aromatic rings. The van der Waals surface area contributed by atoms with E-state index < -0.39 is 21.7 Å². The van der Waals surface area contributed by atoms with Gasteiger partial charge in [0, 0.05) is 31.9 Å². The van der Waals surface area contributed by atoms with Gasteiger partial charge in [0.1, 0.15) is 0 Å². The normalized spacial score (nSPS) is 11.7. The molecule has 0 aromatic carbocycles. The zero-order valence-corrected chi connectivity index (χ0v) is 12.1. The summed E-state index contributed by atoms with van der Waals surface area (Å²) >= 11 is 0.776. The first-order valence-electron chi connectivity index (χ1n) is 5.55. The molecule has 0 saturated carbocycles. The number of aryl methyl sites for hydroxylation is 1. The van der Waals surface area contributed by atoms with Crippen molar-refractivity contribution in [1.29, 1.82) is 0 Å². The SMILES string of the molecule is Cn1nccc1CCNS(=O)(=O)c1scnc1C(=O)O. The summed E-state index contributed by atoms with van der Waals surface area (Å²) in [7, 11) is -2.10. The third-order valence-electron chi connectivity index (χ3n) is 2.58. The highest BCUT2D eigenvalue weighted by Crippen LogP contribution is 2.19. The fourth-order valence-corrected chi connectivity index (χ4v) is 3.81. The van der Waals surface area contributed by atoms with Crippen LogP contribution in [0.3, 0.4) is 0 Å². The summed E-state index contributed by atoms with van der Waals surface area (Å²) in [5.74, 6) is -1.36. The van der Waals surface area contributed by atoms with E-state index in [9.17, 15) is 13.2 Å². The van der Waals surface area contributed by atoms with Crippen molar-refractivity contribution in [3.8, 4) is 0 Å². The molecule has 2 heterocycles. The van der Waals surface area contributed by atoms with E-state index in [1.165, 1.54) is 5.51 Å². The smallest absolute Gasteiger partial charge is 0.356 e. The van der Waals surface area contributed by atoms with Crippen molar-refractivity contribution in [2.45, 2.75) is 10.6 Å². The van der Waals surface area contributed by atoms with Crippen LogP contribution in [-0.2, 0) is 23.5 Å². The number of hydrogen-bond donors (Lipinski definition) is 2. The number of aromatic nitrogens is 3. The number of carboxylic acid groups (broad SMARTS) is 1. The molecular weight excluding hydrogens is 304 g/mol. The van der Waals surface area contributed by atoms with Crippen LogP contribution in [0.15, 0.2) is 22.0 Å². The molecule has 0 saturated heterocycles. The van der Waals surface area contributed by atoms with Gasteiger partial charge in [0.15, 0.2) is 9.90 Å². The lowest BCUT2D eigenvalue weighted by atomic mass is 10.3. The van der Waals surface area contributed by atoms with Crippen LogP contribution in [0, 0.1) is 0 Å². The second-order valence-corrected chi connectivity index (χ2v) is 6.70. The highest BCUT2D eigenvalue weighted by atomic mass is 32.2. The van der Waals surface area contributed by atoms with Crippen LogP contribution in [-0.4, -0.2) is 40.8 Å². The zero-order valence-electron chi connectivity index (χ0n) is 10.5. The van der Waals surface area contributed by atoms with Gasteiger partial charge in [0.2, 0.25) is 0 Å². The molecule has 108 valence electrons. The van der Waals surface area contributed by atoms with E-state index in [2.05, 4.69) is 14.8 Å². The summed E-state index contributed by atoms with van der Waals surface area (Å²) in [5, 5.41) is 12.8. The number of nitrogens with one attached hydrogen (secondary N) is 1. The lowest BCUT2D eigenvalue weighted by Crippen LogP contribution is -2.27. The molecule has 0 unspecified atom stereocenters. The van der Waals surface area contributed by atoms with E-state index in [4.69, 9.17) is 5.11 Å². The predicted octanol–water partition coefficient (Wildman–Crippen LogP) is 0.0958. The molecule has 0 aliphatic carbocycles. The standard InChI is InChI=1S/C10H12N4O4S2/c1-14-7(2-4-12-14)3-5-13-20(17,18)10-8(9(15)16)11-6-19-10/h2,4,6,13H,3,5H2,1H3,(H,15,16). The van der Waals surface area contributed by atoms with Gasteiger partial charge in [-0.15, -0.1) is 11.3 Å². The second kappa shape index (κ2) is 5.69. The first-order chi connectivity index (χ1) is 9.42. The van der Waals surface area contributed by atoms with Crippen molar-refractivity contribution in [2.24, 2.45) is 7.05 Å². The van der Waals surface area contributed by atoms with Gasteiger partial charge in [-0.3, -0.25) is 4.68 Å². The molecule has 8 nitrogen and oxygen atoms in total. The number of nitrogens with zero attached hydrogens (tertiary/aromatic N) is 3. The zero-order chi connectivity index (χ0) is 14.8. The summed E-state index contributed by atoms with van der Waals surface area (Å²) in [5.41, 5.74) is 1.61. The topological polar surface area (TPSA) is 114 Å². The number of thiazole rings is 1. The fraction of sp³-hybridized carbons (Fsp3) is 0.300. The number of aromatic carboxylic acids is 1.